The van der Waals surface area contributed by atoms with Crippen LogP contribution < -0.4 is 4.74 Å². The summed E-state index contributed by atoms with van der Waals surface area (Å²) >= 11 is 0. The summed E-state index contributed by atoms with van der Waals surface area (Å²) in [5.41, 5.74) is 0.396. The summed E-state index contributed by atoms with van der Waals surface area (Å²) in [5.74, 6) is -0.294. The van der Waals surface area contributed by atoms with Gasteiger partial charge in [0.05, 0.1) is 19.8 Å². The van der Waals surface area contributed by atoms with Crippen LogP contribution in [0.2, 0.25) is 0 Å². The van der Waals surface area contributed by atoms with E-state index in [0.29, 0.717) is 24.3 Å². The first-order valence-electron chi connectivity index (χ1n) is 5.71. The summed E-state index contributed by atoms with van der Waals surface area (Å²) < 4.78 is 22.9. The SMILES string of the molecule is COC(=O)CCCOc1ccc(F)cc1[C@@H](C)O. The minimum Gasteiger partial charge on any atom is -0.493 e. The number of halogens is 1. The molecular weight excluding hydrogens is 239 g/mol. The molecule has 100 valence electrons. The van der Waals surface area contributed by atoms with Crippen LogP contribution in [-0.2, 0) is 9.53 Å². The van der Waals surface area contributed by atoms with Crippen LogP contribution in [0.3, 0.4) is 0 Å². The number of carbonyl (C=O) groups excluding carboxylic acids is 1. The second-order valence-electron chi connectivity index (χ2n) is 3.89. The summed E-state index contributed by atoms with van der Waals surface area (Å²) in [6.07, 6.45) is -0.0401. The summed E-state index contributed by atoms with van der Waals surface area (Å²) in [7, 11) is 1.33. The van der Waals surface area contributed by atoms with Crippen molar-refractivity contribution in [3.63, 3.8) is 0 Å². The van der Waals surface area contributed by atoms with Crippen LogP contribution in [0.4, 0.5) is 4.39 Å². The molecule has 4 nitrogen and oxygen atoms in total. The first kappa shape index (κ1) is 14.4. The molecule has 0 aliphatic carbocycles. The minimum atomic E-state index is -0.809. The average Bonchev–Trinajstić information content (AvgIpc) is 2.35. The van der Waals surface area contributed by atoms with Crippen molar-refractivity contribution in [2.75, 3.05) is 13.7 Å². The third kappa shape index (κ3) is 4.33. The molecule has 0 aromatic heterocycles. The molecule has 18 heavy (non-hydrogen) atoms. The second kappa shape index (κ2) is 6.96. The van der Waals surface area contributed by atoms with Gasteiger partial charge in [0.15, 0.2) is 0 Å². The van der Waals surface area contributed by atoms with Crippen molar-refractivity contribution in [2.45, 2.75) is 25.9 Å². The quantitative estimate of drug-likeness (QED) is 0.626. The molecule has 0 saturated heterocycles. The number of esters is 1. The Balaban J connectivity index is 2.54. The molecule has 0 fully saturated rings. The van der Waals surface area contributed by atoms with Gasteiger partial charge in [-0.2, -0.15) is 0 Å². The van der Waals surface area contributed by atoms with Crippen LogP contribution in [-0.4, -0.2) is 24.8 Å². The van der Waals surface area contributed by atoms with Gasteiger partial charge < -0.3 is 14.6 Å². The number of benzene rings is 1. The standard InChI is InChI=1S/C13H17FO4/c1-9(15)11-8-10(14)5-6-12(11)18-7-3-4-13(16)17-2/h5-6,8-9,15H,3-4,7H2,1-2H3/t9-/m1/s1. The van der Waals surface area contributed by atoms with E-state index in [0.717, 1.165) is 0 Å². The number of carbonyl (C=O) groups is 1. The van der Waals surface area contributed by atoms with Gasteiger partial charge in [-0.15, -0.1) is 0 Å². The molecule has 1 N–H and O–H groups in total. The Kier molecular flexibility index (Phi) is 5.58. The topological polar surface area (TPSA) is 55.8 Å². The van der Waals surface area contributed by atoms with Crippen molar-refractivity contribution < 1.29 is 23.8 Å². The van der Waals surface area contributed by atoms with Crippen LogP contribution in [0.5, 0.6) is 5.75 Å². The summed E-state index contributed by atoms with van der Waals surface area (Å²) in [4.78, 5) is 10.9. The van der Waals surface area contributed by atoms with Crippen molar-refractivity contribution in [1.82, 2.24) is 0 Å². The third-order valence-corrected chi connectivity index (χ3v) is 2.43. The van der Waals surface area contributed by atoms with Crippen molar-refractivity contribution in [3.8, 4) is 5.75 Å². The van der Waals surface area contributed by atoms with Crippen molar-refractivity contribution in [2.24, 2.45) is 0 Å². The third-order valence-electron chi connectivity index (χ3n) is 2.43. The number of aliphatic hydroxyl groups is 1. The van der Waals surface area contributed by atoms with Crippen LogP contribution >= 0.6 is 0 Å². The van der Waals surface area contributed by atoms with E-state index in [-0.39, 0.29) is 12.4 Å². The van der Waals surface area contributed by atoms with Gasteiger partial charge >= 0.3 is 5.97 Å². The predicted octanol–water partition coefficient (Wildman–Crippen LogP) is 2.21. The maximum Gasteiger partial charge on any atom is 0.305 e. The Labute approximate surface area is 105 Å². The number of aliphatic hydroxyl groups excluding tert-OH is 1. The van der Waals surface area contributed by atoms with Crippen molar-refractivity contribution in [1.29, 1.82) is 0 Å². The fourth-order valence-electron chi connectivity index (χ4n) is 1.48. The lowest BCUT2D eigenvalue weighted by Crippen LogP contribution is -2.06. The second-order valence-corrected chi connectivity index (χ2v) is 3.89. The lowest BCUT2D eigenvalue weighted by Gasteiger charge is -2.13. The van der Waals surface area contributed by atoms with E-state index < -0.39 is 11.9 Å². The molecule has 0 amide bonds. The first-order chi connectivity index (χ1) is 8.54. The summed E-state index contributed by atoms with van der Waals surface area (Å²) in [5, 5.41) is 9.49. The van der Waals surface area contributed by atoms with Crippen molar-refractivity contribution in [3.05, 3.63) is 29.6 Å². The first-order valence-corrected chi connectivity index (χ1v) is 5.71. The highest BCUT2D eigenvalue weighted by molar-refractivity contribution is 5.69. The highest BCUT2D eigenvalue weighted by Gasteiger charge is 2.10. The Morgan fingerprint density at radius 1 is 1.50 bits per heavy atom. The van der Waals surface area contributed by atoms with E-state index in [9.17, 15) is 14.3 Å². The molecule has 0 spiro atoms. The maximum atomic E-state index is 13.0. The van der Waals surface area contributed by atoms with Gasteiger partial charge in [-0.05, 0) is 31.5 Å². The fourth-order valence-corrected chi connectivity index (χ4v) is 1.48. The molecule has 5 heteroatoms. The summed E-state index contributed by atoms with van der Waals surface area (Å²) in [6.45, 7) is 1.84. The van der Waals surface area contributed by atoms with Gasteiger partial charge in [-0.3, -0.25) is 4.79 Å². The largest absolute Gasteiger partial charge is 0.493 e. The highest BCUT2D eigenvalue weighted by Crippen LogP contribution is 2.26. The number of ether oxygens (including phenoxy) is 2. The Morgan fingerprint density at radius 3 is 2.83 bits per heavy atom. The average molecular weight is 256 g/mol. The van der Waals surface area contributed by atoms with E-state index in [1.54, 1.807) is 0 Å². The van der Waals surface area contributed by atoms with Gasteiger partial charge in [0.25, 0.3) is 0 Å². The highest BCUT2D eigenvalue weighted by atomic mass is 19.1. The molecule has 0 aliphatic rings. The molecule has 0 bridgehead atoms. The Morgan fingerprint density at radius 2 is 2.22 bits per heavy atom. The minimum absolute atomic E-state index is 0.266. The number of methoxy groups -OCH3 is 1. The number of rotatable bonds is 6. The van der Waals surface area contributed by atoms with Gasteiger partial charge in [0.2, 0.25) is 0 Å². The van der Waals surface area contributed by atoms with Gasteiger partial charge in [-0.25, -0.2) is 4.39 Å². The van der Waals surface area contributed by atoms with Crippen LogP contribution in [0.1, 0.15) is 31.4 Å². The number of hydrogen-bond acceptors (Lipinski definition) is 4. The van der Waals surface area contributed by atoms with E-state index >= 15 is 0 Å². The van der Waals surface area contributed by atoms with Crippen LogP contribution in [0.15, 0.2) is 18.2 Å². The predicted molar refractivity (Wildman–Crippen MR) is 63.8 cm³/mol. The van der Waals surface area contributed by atoms with Gasteiger partial charge in [0, 0.05) is 12.0 Å². The number of hydrogen-bond donors (Lipinski definition) is 1. The van der Waals surface area contributed by atoms with Gasteiger partial charge in [0.1, 0.15) is 11.6 Å². The zero-order valence-electron chi connectivity index (χ0n) is 10.5. The monoisotopic (exact) mass is 256 g/mol. The molecule has 1 atom stereocenters. The maximum absolute atomic E-state index is 13.0. The molecule has 0 aliphatic heterocycles. The van der Waals surface area contributed by atoms with E-state index in [2.05, 4.69) is 4.74 Å². The molecule has 0 heterocycles. The molecule has 0 radical (unpaired) electrons. The normalized spacial score (nSPS) is 12.0. The Bertz CT molecular complexity index is 404. The lowest BCUT2D eigenvalue weighted by molar-refractivity contribution is -0.140. The lowest BCUT2D eigenvalue weighted by atomic mass is 10.1. The zero-order valence-corrected chi connectivity index (χ0v) is 10.5. The Hall–Kier alpha value is -1.62. The molecule has 1 aromatic rings. The van der Waals surface area contributed by atoms with E-state index in [4.69, 9.17) is 4.74 Å². The molecule has 0 saturated carbocycles. The van der Waals surface area contributed by atoms with E-state index in [1.165, 1.54) is 32.2 Å². The molecular formula is C13H17FO4. The molecule has 1 rings (SSSR count). The molecule has 0 unspecified atom stereocenters. The smallest absolute Gasteiger partial charge is 0.305 e. The van der Waals surface area contributed by atoms with Crippen LogP contribution in [0.25, 0.3) is 0 Å². The van der Waals surface area contributed by atoms with Crippen molar-refractivity contribution >= 4 is 5.97 Å². The van der Waals surface area contributed by atoms with Crippen LogP contribution in [0, 0.1) is 5.82 Å². The summed E-state index contributed by atoms with van der Waals surface area (Å²) in [6, 6.07) is 3.97. The molecule has 1 aromatic carbocycles. The van der Waals surface area contributed by atoms with E-state index in [1.807, 2.05) is 0 Å². The zero-order chi connectivity index (χ0) is 13.5. The fraction of sp³-hybridized carbons (Fsp3) is 0.462. The van der Waals surface area contributed by atoms with Gasteiger partial charge in [-0.1, -0.05) is 0 Å².